The Labute approximate surface area is 195 Å². The maximum Gasteiger partial charge on any atom is 0.246 e. The molecule has 9 heteroatoms. The van der Waals surface area contributed by atoms with Gasteiger partial charge in [0.25, 0.3) is 0 Å². The molecule has 1 aliphatic rings. The van der Waals surface area contributed by atoms with Gasteiger partial charge < -0.3 is 19.9 Å². The van der Waals surface area contributed by atoms with E-state index in [0.717, 1.165) is 17.0 Å². The number of piperazine rings is 1. The molecular formula is C21H31IN6O2. The summed E-state index contributed by atoms with van der Waals surface area (Å²) in [5, 5.41) is 7.52. The molecule has 0 aliphatic carbocycles. The molecule has 0 unspecified atom stereocenters. The topological polar surface area (TPSA) is 75.0 Å². The fourth-order valence-corrected chi connectivity index (χ4v) is 3.26. The molecular weight excluding hydrogens is 495 g/mol. The Hall–Kier alpha value is -2.30. The van der Waals surface area contributed by atoms with E-state index in [-0.39, 0.29) is 42.0 Å². The summed E-state index contributed by atoms with van der Waals surface area (Å²) in [6.07, 6.45) is 3.57. The van der Waals surface area contributed by atoms with Crippen LogP contribution in [0.4, 0.5) is 5.69 Å². The summed E-state index contributed by atoms with van der Waals surface area (Å²) in [7, 11) is 3.58. The molecule has 8 nitrogen and oxygen atoms in total. The van der Waals surface area contributed by atoms with Crippen molar-refractivity contribution >= 4 is 41.5 Å². The Morgan fingerprint density at radius 2 is 2.00 bits per heavy atom. The summed E-state index contributed by atoms with van der Waals surface area (Å²) >= 11 is 0. The number of hydrogen-bond acceptors (Lipinski definition) is 4. The Kier molecular flexibility index (Phi) is 8.10. The molecule has 2 aromatic rings. The first-order chi connectivity index (χ1) is 13.8. The maximum absolute atomic E-state index is 12.7. The summed E-state index contributed by atoms with van der Waals surface area (Å²) in [6, 6.07) is 7.97. The SMILES string of the molecule is CN=C(NCc1ccccc1OC(C)(C)C)N1CCN(c2cnn(C)c2)C(=O)C1.I. The predicted octanol–water partition coefficient (Wildman–Crippen LogP) is 2.64. The van der Waals surface area contributed by atoms with Crippen LogP contribution in [-0.4, -0.2) is 58.8 Å². The zero-order valence-electron chi connectivity index (χ0n) is 18.3. The first-order valence-electron chi connectivity index (χ1n) is 9.78. The minimum atomic E-state index is -0.271. The van der Waals surface area contributed by atoms with E-state index < -0.39 is 0 Å². The highest BCUT2D eigenvalue weighted by Crippen LogP contribution is 2.23. The van der Waals surface area contributed by atoms with Crippen LogP contribution < -0.4 is 15.0 Å². The summed E-state index contributed by atoms with van der Waals surface area (Å²) in [5.41, 5.74) is 1.60. The van der Waals surface area contributed by atoms with Gasteiger partial charge in [0.2, 0.25) is 5.91 Å². The Bertz CT molecular complexity index is 890. The quantitative estimate of drug-likeness (QED) is 0.377. The molecule has 0 bridgehead atoms. The molecule has 0 saturated carbocycles. The minimum Gasteiger partial charge on any atom is -0.488 e. The predicted molar refractivity (Wildman–Crippen MR) is 130 cm³/mol. The smallest absolute Gasteiger partial charge is 0.246 e. The fraction of sp³-hybridized carbons (Fsp3) is 0.476. The molecule has 3 rings (SSSR count). The van der Waals surface area contributed by atoms with Crippen LogP contribution in [0.2, 0.25) is 0 Å². The lowest BCUT2D eigenvalue weighted by molar-refractivity contribution is -0.120. The molecule has 1 saturated heterocycles. The molecule has 1 N–H and O–H groups in total. The van der Waals surface area contributed by atoms with E-state index in [2.05, 4.69) is 15.4 Å². The normalized spacial score (nSPS) is 15.1. The number of aromatic nitrogens is 2. The molecule has 1 amide bonds. The van der Waals surface area contributed by atoms with Crippen LogP contribution in [-0.2, 0) is 18.4 Å². The van der Waals surface area contributed by atoms with Crippen molar-refractivity contribution in [3.05, 3.63) is 42.2 Å². The van der Waals surface area contributed by atoms with Crippen molar-refractivity contribution < 1.29 is 9.53 Å². The molecule has 1 aromatic carbocycles. The first-order valence-corrected chi connectivity index (χ1v) is 9.78. The highest BCUT2D eigenvalue weighted by Gasteiger charge is 2.27. The van der Waals surface area contributed by atoms with E-state index in [0.29, 0.717) is 25.6 Å². The second-order valence-electron chi connectivity index (χ2n) is 8.06. The van der Waals surface area contributed by atoms with Crippen LogP contribution in [0.5, 0.6) is 5.75 Å². The summed E-state index contributed by atoms with van der Waals surface area (Å²) in [5.74, 6) is 1.58. The highest BCUT2D eigenvalue weighted by molar-refractivity contribution is 14.0. The fourth-order valence-electron chi connectivity index (χ4n) is 3.26. The number of nitrogens with one attached hydrogen (secondary N) is 1. The third kappa shape index (κ3) is 6.10. The van der Waals surface area contributed by atoms with E-state index in [9.17, 15) is 4.79 Å². The second-order valence-corrected chi connectivity index (χ2v) is 8.06. The number of guanidine groups is 1. The van der Waals surface area contributed by atoms with Crippen molar-refractivity contribution in [2.24, 2.45) is 12.0 Å². The van der Waals surface area contributed by atoms with Crippen molar-refractivity contribution in [1.29, 1.82) is 0 Å². The Morgan fingerprint density at radius 1 is 1.27 bits per heavy atom. The van der Waals surface area contributed by atoms with Crippen LogP contribution in [0.3, 0.4) is 0 Å². The van der Waals surface area contributed by atoms with Crippen LogP contribution in [0, 0.1) is 0 Å². The van der Waals surface area contributed by atoms with Gasteiger partial charge in [0.05, 0.1) is 11.9 Å². The van der Waals surface area contributed by atoms with E-state index in [4.69, 9.17) is 4.74 Å². The number of nitrogens with zero attached hydrogens (tertiary/aromatic N) is 5. The number of para-hydroxylation sites is 1. The van der Waals surface area contributed by atoms with Crippen LogP contribution >= 0.6 is 24.0 Å². The highest BCUT2D eigenvalue weighted by atomic mass is 127. The molecule has 0 radical (unpaired) electrons. The van der Waals surface area contributed by atoms with E-state index in [1.807, 2.05) is 63.2 Å². The van der Waals surface area contributed by atoms with Gasteiger partial charge in [-0.1, -0.05) is 18.2 Å². The molecule has 2 heterocycles. The van der Waals surface area contributed by atoms with Crippen molar-refractivity contribution in [2.75, 3.05) is 31.6 Å². The number of aliphatic imine (C=N–C) groups is 1. The number of aryl methyl sites for hydroxylation is 1. The molecule has 0 atom stereocenters. The lowest BCUT2D eigenvalue weighted by atomic mass is 10.1. The number of carbonyl (C=O) groups is 1. The van der Waals surface area contributed by atoms with Crippen LogP contribution in [0.1, 0.15) is 26.3 Å². The third-order valence-electron chi connectivity index (χ3n) is 4.56. The van der Waals surface area contributed by atoms with Gasteiger partial charge in [-0.05, 0) is 26.8 Å². The number of amides is 1. The van der Waals surface area contributed by atoms with Gasteiger partial charge in [-0.3, -0.25) is 14.5 Å². The lowest BCUT2D eigenvalue weighted by Gasteiger charge is -2.35. The Balaban J connectivity index is 0.00000320. The zero-order chi connectivity index (χ0) is 21.0. The largest absolute Gasteiger partial charge is 0.488 e. The number of halogens is 1. The van der Waals surface area contributed by atoms with Gasteiger partial charge in [0.1, 0.15) is 17.9 Å². The lowest BCUT2D eigenvalue weighted by Crippen LogP contribution is -2.55. The number of rotatable bonds is 4. The summed E-state index contributed by atoms with van der Waals surface area (Å²) in [6.45, 7) is 8.22. The summed E-state index contributed by atoms with van der Waals surface area (Å²) in [4.78, 5) is 20.8. The zero-order valence-corrected chi connectivity index (χ0v) is 20.6. The van der Waals surface area contributed by atoms with Crippen molar-refractivity contribution in [3.63, 3.8) is 0 Å². The molecule has 1 fully saturated rings. The van der Waals surface area contributed by atoms with Gasteiger partial charge in [0.15, 0.2) is 5.96 Å². The van der Waals surface area contributed by atoms with Crippen molar-refractivity contribution in [1.82, 2.24) is 20.0 Å². The van der Waals surface area contributed by atoms with Gasteiger partial charge in [-0.25, -0.2) is 0 Å². The van der Waals surface area contributed by atoms with Crippen molar-refractivity contribution in [2.45, 2.75) is 32.9 Å². The number of hydrogen-bond donors (Lipinski definition) is 1. The number of benzene rings is 1. The van der Waals surface area contributed by atoms with Crippen LogP contribution in [0.15, 0.2) is 41.7 Å². The van der Waals surface area contributed by atoms with E-state index in [1.54, 1.807) is 22.8 Å². The van der Waals surface area contributed by atoms with Gasteiger partial charge in [-0.15, -0.1) is 24.0 Å². The standard InChI is InChI=1S/C21H30N6O2.HI/c1-21(2,3)29-18-9-7-6-8-16(18)12-23-20(22-4)26-10-11-27(19(28)15-26)17-13-24-25(5)14-17;/h6-9,13-14H,10-12,15H2,1-5H3,(H,22,23);1H. The molecule has 0 spiro atoms. The van der Waals surface area contributed by atoms with E-state index in [1.165, 1.54) is 0 Å². The van der Waals surface area contributed by atoms with E-state index >= 15 is 0 Å². The Morgan fingerprint density at radius 3 is 2.60 bits per heavy atom. The van der Waals surface area contributed by atoms with Gasteiger partial charge in [-0.2, -0.15) is 5.10 Å². The average Bonchev–Trinajstić information content (AvgIpc) is 3.08. The van der Waals surface area contributed by atoms with Crippen molar-refractivity contribution in [3.8, 4) is 5.75 Å². The average molecular weight is 526 g/mol. The van der Waals surface area contributed by atoms with Crippen LogP contribution in [0.25, 0.3) is 0 Å². The number of ether oxygens (including phenoxy) is 1. The molecule has 1 aromatic heterocycles. The maximum atomic E-state index is 12.7. The third-order valence-corrected chi connectivity index (χ3v) is 4.56. The number of anilines is 1. The molecule has 164 valence electrons. The molecule has 1 aliphatic heterocycles. The summed E-state index contributed by atoms with van der Waals surface area (Å²) < 4.78 is 7.77. The first kappa shape index (κ1) is 24.0. The van der Waals surface area contributed by atoms with Gasteiger partial charge in [0, 0.05) is 45.5 Å². The number of carbonyl (C=O) groups excluding carboxylic acids is 1. The second kappa shape index (κ2) is 10.1. The van der Waals surface area contributed by atoms with Gasteiger partial charge >= 0.3 is 0 Å². The minimum absolute atomic E-state index is 0. The molecule has 30 heavy (non-hydrogen) atoms. The monoisotopic (exact) mass is 526 g/mol.